The lowest BCUT2D eigenvalue weighted by molar-refractivity contribution is 0.628. The number of nitrogens with one attached hydrogen (secondary N) is 1. The van der Waals surface area contributed by atoms with Crippen molar-refractivity contribution in [3.05, 3.63) is 50.9 Å². The summed E-state index contributed by atoms with van der Waals surface area (Å²) >= 11 is 7.74. The van der Waals surface area contributed by atoms with Crippen LogP contribution in [-0.2, 0) is 6.42 Å². The Bertz CT molecular complexity index is 518. The van der Waals surface area contributed by atoms with Gasteiger partial charge < -0.3 is 5.32 Å². The molecule has 1 aromatic carbocycles. The van der Waals surface area contributed by atoms with Crippen LogP contribution in [0.2, 0.25) is 5.02 Å². The summed E-state index contributed by atoms with van der Waals surface area (Å²) in [4.78, 5) is 2.52. The zero-order valence-corrected chi connectivity index (χ0v) is 11.9. The number of anilines is 1. The third-order valence-corrected chi connectivity index (χ3v) is 4.51. The van der Waals surface area contributed by atoms with Crippen LogP contribution in [0.3, 0.4) is 0 Å². The van der Waals surface area contributed by atoms with Crippen LogP contribution in [0.25, 0.3) is 0 Å². The first-order valence-electron chi connectivity index (χ1n) is 5.91. The van der Waals surface area contributed by atoms with E-state index in [1.807, 2.05) is 6.92 Å². The van der Waals surface area contributed by atoms with Crippen LogP contribution >= 0.6 is 22.9 Å². The molecule has 0 aliphatic rings. The van der Waals surface area contributed by atoms with Crippen LogP contribution in [0.15, 0.2) is 30.3 Å². The molecule has 4 heteroatoms. The molecule has 0 fully saturated rings. The minimum atomic E-state index is -0.318. The molecule has 0 radical (unpaired) electrons. The molecule has 96 valence electrons. The van der Waals surface area contributed by atoms with Crippen LogP contribution in [0.4, 0.5) is 10.1 Å². The smallest absolute Gasteiger partial charge is 0.147 e. The molecule has 1 unspecified atom stereocenters. The molecular formula is C14H15ClFNS. The number of benzene rings is 1. The van der Waals surface area contributed by atoms with E-state index in [-0.39, 0.29) is 11.9 Å². The molecular weight excluding hydrogens is 269 g/mol. The SMILES string of the molecule is CCc1ccc(C(C)Nc2c(F)cccc2Cl)s1. The Morgan fingerprint density at radius 2 is 2.11 bits per heavy atom. The minimum absolute atomic E-state index is 0.0460. The zero-order valence-electron chi connectivity index (χ0n) is 10.3. The highest BCUT2D eigenvalue weighted by atomic mass is 35.5. The van der Waals surface area contributed by atoms with Crippen LogP contribution in [0, 0.1) is 5.82 Å². The van der Waals surface area contributed by atoms with E-state index in [0.717, 1.165) is 6.42 Å². The molecule has 0 saturated carbocycles. The van der Waals surface area contributed by atoms with Gasteiger partial charge in [-0.25, -0.2) is 4.39 Å². The summed E-state index contributed by atoms with van der Waals surface area (Å²) in [5.74, 6) is -0.318. The van der Waals surface area contributed by atoms with E-state index in [2.05, 4.69) is 24.4 Å². The summed E-state index contributed by atoms with van der Waals surface area (Å²) in [6, 6.07) is 8.94. The van der Waals surface area contributed by atoms with Crippen molar-refractivity contribution in [3.63, 3.8) is 0 Å². The van der Waals surface area contributed by atoms with Gasteiger partial charge in [-0.15, -0.1) is 11.3 Å². The first-order valence-corrected chi connectivity index (χ1v) is 7.10. The highest BCUT2D eigenvalue weighted by Gasteiger charge is 2.13. The number of rotatable bonds is 4. The van der Waals surface area contributed by atoms with Crippen molar-refractivity contribution in [3.8, 4) is 0 Å². The summed E-state index contributed by atoms with van der Waals surface area (Å²) in [5.41, 5.74) is 0.373. The lowest BCUT2D eigenvalue weighted by Gasteiger charge is -2.15. The number of thiophene rings is 1. The average molecular weight is 284 g/mol. The van der Waals surface area contributed by atoms with Crippen molar-refractivity contribution in [1.29, 1.82) is 0 Å². The lowest BCUT2D eigenvalue weighted by Crippen LogP contribution is -2.06. The summed E-state index contributed by atoms with van der Waals surface area (Å²) in [6.45, 7) is 4.13. The van der Waals surface area contributed by atoms with Crippen molar-refractivity contribution < 1.29 is 4.39 Å². The molecule has 1 heterocycles. The first-order chi connectivity index (χ1) is 8.61. The summed E-state index contributed by atoms with van der Waals surface area (Å²) < 4.78 is 13.7. The fourth-order valence-corrected chi connectivity index (χ4v) is 2.91. The monoisotopic (exact) mass is 283 g/mol. The van der Waals surface area contributed by atoms with E-state index in [9.17, 15) is 4.39 Å². The summed E-state index contributed by atoms with van der Waals surface area (Å²) in [5, 5.41) is 3.55. The lowest BCUT2D eigenvalue weighted by atomic mass is 10.2. The van der Waals surface area contributed by atoms with E-state index in [0.29, 0.717) is 10.7 Å². The van der Waals surface area contributed by atoms with Gasteiger partial charge in [0.25, 0.3) is 0 Å². The van der Waals surface area contributed by atoms with Crippen molar-refractivity contribution >= 4 is 28.6 Å². The van der Waals surface area contributed by atoms with Gasteiger partial charge in [0.05, 0.1) is 16.8 Å². The Balaban J connectivity index is 2.18. The Morgan fingerprint density at radius 1 is 1.33 bits per heavy atom. The predicted octanol–water partition coefficient (Wildman–Crippen LogP) is 5.28. The van der Waals surface area contributed by atoms with Gasteiger partial charge in [0, 0.05) is 9.75 Å². The molecule has 1 N–H and O–H groups in total. The van der Waals surface area contributed by atoms with Gasteiger partial charge in [0.2, 0.25) is 0 Å². The number of hydrogen-bond donors (Lipinski definition) is 1. The zero-order chi connectivity index (χ0) is 13.1. The largest absolute Gasteiger partial charge is 0.374 e. The molecule has 0 spiro atoms. The fraction of sp³-hybridized carbons (Fsp3) is 0.286. The Morgan fingerprint density at radius 3 is 2.72 bits per heavy atom. The normalized spacial score (nSPS) is 12.4. The number of para-hydroxylation sites is 1. The quantitative estimate of drug-likeness (QED) is 0.805. The van der Waals surface area contributed by atoms with Gasteiger partial charge in [0.1, 0.15) is 5.82 Å². The fourth-order valence-electron chi connectivity index (χ4n) is 1.74. The van der Waals surface area contributed by atoms with E-state index < -0.39 is 0 Å². The van der Waals surface area contributed by atoms with Crippen molar-refractivity contribution in [1.82, 2.24) is 0 Å². The summed E-state index contributed by atoms with van der Waals surface area (Å²) in [7, 11) is 0. The van der Waals surface area contributed by atoms with Crippen molar-refractivity contribution in [2.24, 2.45) is 0 Å². The van der Waals surface area contributed by atoms with Gasteiger partial charge in [-0.3, -0.25) is 0 Å². The third kappa shape index (κ3) is 2.85. The second-order valence-corrected chi connectivity index (χ2v) is 5.73. The third-order valence-electron chi connectivity index (χ3n) is 2.78. The number of aryl methyl sites for hydroxylation is 1. The molecule has 0 saturated heterocycles. The molecule has 1 nitrogen and oxygen atoms in total. The highest BCUT2D eigenvalue weighted by molar-refractivity contribution is 7.12. The molecule has 0 amide bonds. The molecule has 0 aliphatic carbocycles. The number of halogens is 2. The van der Waals surface area contributed by atoms with Crippen molar-refractivity contribution in [2.45, 2.75) is 26.3 Å². The number of hydrogen-bond acceptors (Lipinski definition) is 2. The molecule has 2 aromatic rings. The van der Waals surface area contributed by atoms with Gasteiger partial charge in [-0.05, 0) is 37.6 Å². The van der Waals surface area contributed by atoms with Gasteiger partial charge in [-0.1, -0.05) is 24.6 Å². The molecule has 1 aromatic heterocycles. The van der Waals surface area contributed by atoms with Crippen molar-refractivity contribution in [2.75, 3.05) is 5.32 Å². The average Bonchev–Trinajstić information content (AvgIpc) is 2.82. The van der Waals surface area contributed by atoms with Crippen LogP contribution < -0.4 is 5.32 Å². The van der Waals surface area contributed by atoms with E-state index in [4.69, 9.17) is 11.6 Å². The van der Waals surface area contributed by atoms with Gasteiger partial charge >= 0.3 is 0 Å². The standard InChI is InChI=1S/C14H15ClFNS/c1-3-10-7-8-13(18-10)9(2)17-14-11(15)5-4-6-12(14)16/h4-9,17H,3H2,1-2H3. The minimum Gasteiger partial charge on any atom is -0.374 e. The maximum atomic E-state index is 13.7. The van der Waals surface area contributed by atoms with E-state index >= 15 is 0 Å². The predicted molar refractivity (Wildman–Crippen MR) is 77.1 cm³/mol. The summed E-state index contributed by atoms with van der Waals surface area (Å²) in [6.07, 6.45) is 1.03. The van der Waals surface area contributed by atoms with E-state index in [1.54, 1.807) is 23.5 Å². The topological polar surface area (TPSA) is 12.0 Å². The molecule has 1 atom stereocenters. The molecule has 18 heavy (non-hydrogen) atoms. The first kappa shape index (κ1) is 13.4. The maximum Gasteiger partial charge on any atom is 0.147 e. The highest BCUT2D eigenvalue weighted by Crippen LogP contribution is 2.31. The molecule has 0 bridgehead atoms. The second kappa shape index (κ2) is 5.72. The van der Waals surface area contributed by atoms with Gasteiger partial charge in [0.15, 0.2) is 0 Å². The Labute approximate surface area is 116 Å². The van der Waals surface area contributed by atoms with Crippen LogP contribution in [-0.4, -0.2) is 0 Å². The molecule has 2 rings (SSSR count). The molecule has 0 aliphatic heterocycles. The Hall–Kier alpha value is -1.06. The van der Waals surface area contributed by atoms with E-state index in [1.165, 1.54) is 15.8 Å². The van der Waals surface area contributed by atoms with Gasteiger partial charge in [-0.2, -0.15) is 0 Å². The Kier molecular flexibility index (Phi) is 4.25. The van der Waals surface area contributed by atoms with Crippen LogP contribution in [0.5, 0.6) is 0 Å². The van der Waals surface area contributed by atoms with Crippen LogP contribution in [0.1, 0.15) is 29.6 Å². The second-order valence-electron chi connectivity index (χ2n) is 4.12. The maximum absolute atomic E-state index is 13.7.